The first-order valence-corrected chi connectivity index (χ1v) is 6.96. The lowest BCUT2D eigenvalue weighted by atomic mass is 10.1. The highest BCUT2D eigenvalue weighted by atomic mass is 35.5. The number of benzene rings is 2. The van der Waals surface area contributed by atoms with Crippen molar-refractivity contribution in [2.24, 2.45) is 0 Å². The molecule has 0 radical (unpaired) electrons. The van der Waals surface area contributed by atoms with Crippen LogP contribution >= 0.6 is 11.6 Å². The summed E-state index contributed by atoms with van der Waals surface area (Å²) in [6.07, 6.45) is 1.83. The van der Waals surface area contributed by atoms with Gasteiger partial charge in [0.05, 0.1) is 0 Å². The van der Waals surface area contributed by atoms with Crippen molar-refractivity contribution in [2.45, 2.75) is 13.5 Å². The van der Waals surface area contributed by atoms with E-state index in [9.17, 15) is 9.18 Å². The van der Waals surface area contributed by atoms with Crippen LogP contribution in [-0.4, -0.2) is 10.4 Å². The minimum absolute atomic E-state index is 0.000114. The van der Waals surface area contributed by atoms with Crippen molar-refractivity contribution in [3.8, 4) is 0 Å². The number of carbonyl (C=O) groups excluding carboxylic acids is 1. The molecule has 0 fully saturated rings. The van der Waals surface area contributed by atoms with Crippen LogP contribution in [0.3, 0.4) is 0 Å². The molecule has 2 aromatic carbocycles. The fourth-order valence-corrected chi connectivity index (χ4v) is 2.64. The zero-order valence-corrected chi connectivity index (χ0v) is 12.2. The summed E-state index contributed by atoms with van der Waals surface area (Å²) in [6.45, 7) is 2.11. The van der Waals surface area contributed by atoms with Crippen LogP contribution in [0.4, 0.5) is 4.39 Å². The number of nitrogens with zero attached hydrogens (tertiary/aromatic N) is 1. The predicted octanol–water partition coefficient (Wildman–Crippen LogP) is 4.68. The lowest BCUT2D eigenvalue weighted by Gasteiger charge is -2.05. The second kappa shape index (κ2) is 5.34. The monoisotopic (exact) mass is 301 g/mol. The quantitative estimate of drug-likeness (QED) is 0.644. The molecule has 3 rings (SSSR count). The van der Waals surface area contributed by atoms with Crippen molar-refractivity contribution in [2.75, 3.05) is 0 Å². The average molecular weight is 302 g/mol. The molecule has 0 aliphatic carbocycles. The van der Waals surface area contributed by atoms with E-state index in [4.69, 9.17) is 11.6 Å². The van der Waals surface area contributed by atoms with Crippen molar-refractivity contribution in [3.05, 3.63) is 70.6 Å². The van der Waals surface area contributed by atoms with Gasteiger partial charge in [-0.1, -0.05) is 23.7 Å². The van der Waals surface area contributed by atoms with Gasteiger partial charge in [0.25, 0.3) is 0 Å². The number of fused-ring (bicyclic) bond motifs is 1. The summed E-state index contributed by atoms with van der Waals surface area (Å²) in [5.74, 6) is -0.257. The molecule has 0 aliphatic rings. The number of carbonyl (C=O) groups is 1. The fraction of sp³-hybridized carbons (Fsp3) is 0.118. The van der Waals surface area contributed by atoms with Gasteiger partial charge >= 0.3 is 0 Å². The van der Waals surface area contributed by atoms with E-state index in [1.54, 1.807) is 24.3 Å². The van der Waals surface area contributed by atoms with Crippen LogP contribution in [-0.2, 0) is 6.54 Å². The lowest BCUT2D eigenvalue weighted by molar-refractivity contribution is 0.101. The maximum atomic E-state index is 13.0. The summed E-state index contributed by atoms with van der Waals surface area (Å²) < 4.78 is 14.9. The molecule has 1 aromatic heterocycles. The highest BCUT2D eigenvalue weighted by Crippen LogP contribution is 2.26. The van der Waals surface area contributed by atoms with Crippen molar-refractivity contribution < 1.29 is 9.18 Å². The number of hydrogen-bond acceptors (Lipinski definition) is 1. The van der Waals surface area contributed by atoms with E-state index in [2.05, 4.69) is 0 Å². The summed E-state index contributed by atoms with van der Waals surface area (Å²) in [7, 11) is 0. The molecule has 0 aliphatic heterocycles. The van der Waals surface area contributed by atoms with Crippen molar-refractivity contribution in [1.82, 2.24) is 4.57 Å². The number of aromatic nitrogens is 1. The fourth-order valence-electron chi connectivity index (χ4n) is 2.47. The summed E-state index contributed by atoms with van der Waals surface area (Å²) in [6, 6.07) is 11.8. The van der Waals surface area contributed by atoms with Gasteiger partial charge in [-0.25, -0.2) is 4.39 Å². The summed E-state index contributed by atoms with van der Waals surface area (Å²) in [5, 5.41) is 1.45. The molecule has 0 atom stereocenters. The van der Waals surface area contributed by atoms with Crippen molar-refractivity contribution in [1.29, 1.82) is 0 Å². The summed E-state index contributed by atoms with van der Waals surface area (Å²) in [4.78, 5) is 11.8. The molecule has 4 heteroatoms. The normalized spacial score (nSPS) is 11.0. The van der Waals surface area contributed by atoms with Gasteiger partial charge in [0, 0.05) is 34.2 Å². The second-order valence-corrected chi connectivity index (χ2v) is 5.45. The molecule has 0 amide bonds. The molecule has 0 saturated carbocycles. The third kappa shape index (κ3) is 2.69. The van der Waals surface area contributed by atoms with Gasteiger partial charge in [-0.05, 0) is 42.8 Å². The Balaban J connectivity index is 2.10. The predicted molar refractivity (Wildman–Crippen MR) is 82.5 cm³/mol. The number of rotatable bonds is 3. The van der Waals surface area contributed by atoms with Gasteiger partial charge in [-0.15, -0.1) is 0 Å². The molecule has 0 N–H and O–H groups in total. The molecule has 21 heavy (non-hydrogen) atoms. The Hall–Kier alpha value is -2.13. The highest BCUT2D eigenvalue weighted by molar-refractivity contribution is 6.31. The Morgan fingerprint density at radius 1 is 1.19 bits per heavy atom. The Morgan fingerprint density at radius 2 is 1.90 bits per heavy atom. The third-order valence-electron chi connectivity index (χ3n) is 3.49. The van der Waals surface area contributed by atoms with Crippen LogP contribution in [0.5, 0.6) is 0 Å². The molecule has 3 aromatic rings. The van der Waals surface area contributed by atoms with Gasteiger partial charge < -0.3 is 4.57 Å². The smallest absolute Gasteiger partial charge is 0.161 e. The highest BCUT2D eigenvalue weighted by Gasteiger charge is 2.12. The molecule has 0 bridgehead atoms. The van der Waals surface area contributed by atoms with E-state index < -0.39 is 0 Å². The van der Waals surface area contributed by atoms with Gasteiger partial charge in [-0.2, -0.15) is 0 Å². The molecule has 2 nitrogen and oxygen atoms in total. The summed E-state index contributed by atoms with van der Waals surface area (Å²) in [5.41, 5.74) is 2.56. The topological polar surface area (TPSA) is 22.0 Å². The van der Waals surface area contributed by atoms with Gasteiger partial charge in [-0.3, -0.25) is 4.79 Å². The third-order valence-corrected chi connectivity index (χ3v) is 3.72. The Bertz CT molecular complexity index is 821. The maximum Gasteiger partial charge on any atom is 0.161 e. The molecule has 106 valence electrons. The molecular weight excluding hydrogens is 289 g/mol. The van der Waals surface area contributed by atoms with E-state index in [-0.39, 0.29) is 11.6 Å². The maximum absolute atomic E-state index is 13.0. The summed E-state index contributed by atoms with van der Waals surface area (Å²) >= 11 is 6.02. The SMILES string of the molecule is CC(=O)c1cn(Cc2ccc(F)cc2)c2ccc(Cl)cc12. The molecule has 0 saturated heterocycles. The van der Waals surface area contributed by atoms with Crippen LogP contribution in [0.25, 0.3) is 10.9 Å². The first-order valence-electron chi connectivity index (χ1n) is 6.58. The van der Waals surface area contributed by atoms with E-state index in [1.807, 2.05) is 16.8 Å². The largest absolute Gasteiger partial charge is 0.342 e. The van der Waals surface area contributed by atoms with Crippen LogP contribution in [0.1, 0.15) is 22.8 Å². The molecule has 0 spiro atoms. The minimum Gasteiger partial charge on any atom is -0.342 e. The standard InChI is InChI=1S/C17H13ClFNO/c1-11(21)16-10-20(9-12-2-5-14(19)6-3-12)17-7-4-13(18)8-15(16)17/h2-8,10H,9H2,1H3. The Morgan fingerprint density at radius 3 is 2.57 bits per heavy atom. The van der Waals surface area contributed by atoms with Gasteiger partial charge in [0.15, 0.2) is 5.78 Å². The van der Waals surface area contributed by atoms with Crippen molar-refractivity contribution >= 4 is 28.3 Å². The van der Waals surface area contributed by atoms with Crippen LogP contribution in [0.15, 0.2) is 48.7 Å². The Labute approximate surface area is 126 Å². The zero-order chi connectivity index (χ0) is 15.0. The van der Waals surface area contributed by atoms with E-state index >= 15 is 0 Å². The zero-order valence-electron chi connectivity index (χ0n) is 11.4. The van der Waals surface area contributed by atoms with E-state index in [0.29, 0.717) is 17.1 Å². The number of Topliss-reactive ketones (excluding diaryl/α,β-unsaturated/α-hetero) is 1. The molecule has 1 heterocycles. The minimum atomic E-state index is -0.257. The van der Waals surface area contributed by atoms with E-state index in [1.165, 1.54) is 19.1 Å². The molecule has 0 unspecified atom stereocenters. The van der Waals surface area contributed by atoms with Crippen molar-refractivity contribution in [3.63, 3.8) is 0 Å². The number of halogens is 2. The van der Waals surface area contributed by atoms with Crippen LogP contribution < -0.4 is 0 Å². The average Bonchev–Trinajstić information content (AvgIpc) is 2.79. The van der Waals surface area contributed by atoms with E-state index in [0.717, 1.165) is 16.5 Å². The van der Waals surface area contributed by atoms with Crippen LogP contribution in [0.2, 0.25) is 5.02 Å². The van der Waals surface area contributed by atoms with Gasteiger partial charge in [0.2, 0.25) is 0 Å². The number of ketones is 1. The lowest BCUT2D eigenvalue weighted by Crippen LogP contribution is -1.98. The van der Waals surface area contributed by atoms with Gasteiger partial charge in [0.1, 0.15) is 5.82 Å². The Kier molecular flexibility index (Phi) is 3.52. The second-order valence-electron chi connectivity index (χ2n) is 5.01. The number of hydrogen-bond donors (Lipinski definition) is 0. The first kappa shape index (κ1) is 13.8. The molecular formula is C17H13ClFNO. The first-order chi connectivity index (χ1) is 10.0. The van der Waals surface area contributed by atoms with Crippen LogP contribution in [0, 0.1) is 5.82 Å².